The predicted molar refractivity (Wildman–Crippen MR) is 142 cm³/mol. The third-order valence-corrected chi connectivity index (χ3v) is 12.3. The summed E-state index contributed by atoms with van der Waals surface area (Å²) in [7, 11) is -6.80. The third kappa shape index (κ3) is 4.71. The summed E-state index contributed by atoms with van der Waals surface area (Å²) in [5, 5.41) is 19.0. The van der Waals surface area contributed by atoms with Crippen molar-refractivity contribution in [3.05, 3.63) is 23.5 Å². The Hall–Kier alpha value is -3.00. The second-order valence-corrected chi connectivity index (χ2v) is 15.5. The van der Waals surface area contributed by atoms with E-state index in [0.29, 0.717) is 52.7 Å². The molecule has 0 radical (unpaired) electrons. The zero-order valence-corrected chi connectivity index (χ0v) is 23.4. The van der Waals surface area contributed by atoms with Crippen LogP contribution in [0.15, 0.2) is 27.7 Å². The highest BCUT2D eigenvalue weighted by molar-refractivity contribution is 7.94. The number of pyridine rings is 1. The van der Waals surface area contributed by atoms with Crippen molar-refractivity contribution in [1.29, 1.82) is 5.26 Å². The molecule has 4 heterocycles. The van der Waals surface area contributed by atoms with E-state index < -0.39 is 43.3 Å². The van der Waals surface area contributed by atoms with Crippen LogP contribution in [-0.4, -0.2) is 74.9 Å². The number of aromatic nitrogens is 4. The van der Waals surface area contributed by atoms with Crippen molar-refractivity contribution in [2.24, 2.45) is 4.36 Å². The summed E-state index contributed by atoms with van der Waals surface area (Å²) in [5.74, 6) is 0.171. The number of nitrogens with one attached hydrogen (secondary N) is 1. The monoisotopic (exact) mass is 592 g/mol. The highest BCUT2D eigenvalue weighted by Gasteiger charge is 2.49. The number of carbonyl (C=O) groups is 1. The number of anilines is 1. The number of halogens is 1. The quantitative estimate of drug-likeness (QED) is 0.432. The lowest BCUT2D eigenvalue weighted by atomic mass is 10.1. The fourth-order valence-electron chi connectivity index (χ4n) is 4.66. The van der Waals surface area contributed by atoms with Gasteiger partial charge in [0.1, 0.15) is 22.0 Å². The van der Waals surface area contributed by atoms with Crippen LogP contribution in [0.5, 0.6) is 0 Å². The van der Waals surface area contributed by atoms with E-state index in [1.54, 1.807) is 10.6 Å². The smallest absolute Gasteiger partial charge is 0.250 e. The van der Waals surface area contributed by atoms with Gasteiger partial charge in [0, 0.05) is 37.7 Å². The summed E-state index contributed by atoms with van der Waals surface area (Å²) >= 11 is 1.24. The minimum Gasteiger partial charge on any atom is -0.368 e. The molecule has 0 spiro atoms. The maximum Gasteiger partial charge on any atom is 0.250 e. The lowest BCUT2D eigenvalue weighted by Crippen LogP contribution is -2.41. The molecular formula is C23H25FN8O4S3. The molecule has 3 aliphatic rings. The van der Waals surface area contributed by atoms with E-state index in [2.05, 4.69) is 30.3 Å². The molecule has 0 aromatic carbocycles. The van der Waals surface area contributed by atoms with E-state index in [4.69, 9.17) is 0 Å². The Kier molecular flexibility index (Phi) is 6.06. The van der Waals surface area contributed by atoms with E-state index in [9.17, 15) is 27.1 Å². The summed E-state index contributed by atoms with van der Waals surface area (Å²) in [5.41, 5.74) is -0.582. The van der Waals surface area contributed by atoms with Crippen LogP contribution < -0.4 is 9.62 Å². The van der Waals surface area contributed by atoms with E-state index >= 15 is 0 Å². The number of hydrogen-bond acceptors (Lipinski definition) is 10. The first-order chi connectivity index (χ1) is 18.5. The van der Waals surface area contributed by atoms with E-state index in [-0.39, 0.29) is 29.5 Å². The number of fused-ring (bicyclic) bond motifs is 1. The SMILES string of the molecule is CC(=O)N=S1(=O)CCN(c2cc(S(=O)(=O)NC3(CF)CC3)cn3c(-c4nnc(C5(C#N)CC5)s4)ncc23)CC1. The number of imidazole rings is 1. The molecule has 0 unspecified atom stereocenters. The molecule has 0 bridgehead atoms. The number of nitrogens with zero attached hydrogens (tertiary/aromatic N) is 7. The van der Waals surface area contributed by atoms with Crippen LogP contribution in [0.3, 0.4) is 0 Å². The first kappa shape index (κ1) is 26.2. The molecule has 3 aromatic heterocycles. The average Bonchev–Trinajstić information content (AvgIpc) is 3.75. The topological polar surface area (TPSA) is 163 Å². The molecule has 1 aliphatic heterocycles. The molecule has 2 aliphatic carbocycles. The zero-order chi connectivity index (χ0) is 27.6. The summed E-state index contributed by atoms with van der Waals surface area (Å²) < 4.78 is 61.3. The molecule has 1 saturated heterocycles. The van der Waals surface area contributed by atoms with Gasteiger partial charge in [0.05, 0.1) is 38.7 Å². The second-order valence-electron chi connectivity index (χ2n) is 10.3. The van der Waals surface area contributed by atoms with Gasteiger partial charge in [0.2, 0.25) is 10.0 Å². The number of sulfonamides is 1. The van der Waals surface area contributed by atoms with Gasteiger partial charge in [-0.2, -0.15) is 9.62 Å². The van der Waals surface area contributed by atoms with Crippen molar-refractivity contribution in [1.82, 2.24) is 24.3 Å². The Morgan fingerprint density at radius 3 is 2.59 bits per heavy atom. The average molecular weight is 593 g/mol. The first-order valence-electron chi connectivity index (χ1n) is 12.4. The first-order valence-corrected chi connectivity index (χ1v) is 16.5. The number of hydrogen-bond donors (Lipinski definition) is 1. The Balaban J connectivity index is 1.44. The van der Waals surface area contributed by atoms with Gasteiger partial charge in [-0.25, -0.2) is 26.7 Å². The van der Waals surface area contributed by atoms with Gasteiger partial charge >= 0.3 is 0 Å². The summed E-state index contributed by atoms with van der Waals surface area (Å²) in [6.45, 7) is 1.03. The Labute approximate surface area is 228 Å². The number of amides is 1. The molecule has 3 aromatic rings. The lowest BCUT2D eigenvalue weighted by molar-refractivity contribution is -0.115. The van der Waals surface area contributed by atoms with Crippen LogP contribution >= 0.6 is 11.3 Å². The summed E-state index contributed by atoms with van der Waals surface area (Å²) in [6.07, 6.45) is 5.29. The maximum absolute atomic E-state index is 13.6. The molecule has 16 heteroatoms. The number of alkyl halides is 1. The van der Waals surface area contributed by atoms with Crippen molar-refractivity contribution in [3.63, 3.8) is 0 Å². The molecule has 2 saturated carbocycles. The molecule has 1 N–H and O–H groups in total. The molecule has 12 nitrogen and oxygen atoms in total. The normalized spacial score (nSPS) is 20.9. The number of carbonyl (C=O) groups excluding carboxylic acids is 1. The fraction of sp³-hybridized carbons (Fsp3) is 0.522. The number of rotatable bonds is 7. The Bertz CT molecular complexity index is 1760. The molecule has 6 rings (SSSR count). The van der Waals surface area contributed by atoms with Gasteiger partial charge < -0.3 is 4.90 Å². The second kappa shape index (κ2) is 9.01. The zero-order valence-electron chi connectivity index (χ0n) is 21.0. The summed E-state index contributed by atoms with van der Waals surface area (Å²) in [4.78, 5) is 17.8. The molecule has 0 atom stereocenters. The van der Waals surface area contributed by atoms with Gasteiger partial charge in [-0.3, -0.25) is 9.20 Å². The molecule has 206 valence electrons. The van der Waals surface area contributed by atoms with E-state index in [1.165, 1.54) is 30.5 Å². The lowest BCUT2D eigenvalue weighted by Gasteiger charge is -2.31. The summed E-state index contributed by atoms with van der Waals surface area (Å²) in [6, 6.07) is 3.81. The van der Waals surface area contributed by atoms with Crippen LogP contribution in [0, 0.1) is 11.3 Å². The third-order valence-electron chi connectivity index (χ3n) is 7.35. The Morgan fingerprint density at radius 2 is 2.00 bits per heavy atom. The van der Waals surface area contributed by atoms with Gasteiger partial charge in [-0.05, 0) is 31.7 Å². The van der Waals surface area contributed by atoms with E-state index in [0.717, 1.165) is 0 Å². The van der Waals surface area contributed by atoms with Crippen molar-refractivity contribution in [2.75, 3.05) is 36.2 Å². The Morgan fingerprint density at radius 1 is 1.28 bits per heavy atom. The highest BCUT2D eigenvalue weighted by Crippen LogP contribution is 2.49. The van der Waals surface area contributed by atoms with Crippen LogP contribution in [0.1, 0.15) is 37.6 Å². The van der Waals surface area contributed by atoms with Crippen molar-refractivity contribution in [2.45, 2.75) is 48.5 Å². The van der Waals surface area contributed by atoms with Crippen LogP contribution in [0.4, 0.5) is 10.1 Å². The largest absolute Gasteiger partial charge is 0.368 e. The van der Waals surface area contributed by atoms with Crippen LogP contribution in [0.2, 0.25) is 0 Å². The highest BCUT2D eigenvalue weighted by atomic mass is 32.2. The van der Waals surface area contributed by atoms with Crippen molar-refractivity contribution < 1.29 is 21.8 Å². The van der Waals surface area contributed by atoms with Gasteiger partial charge in [0.15, 0.2) is 10.8 Å². The van der Waals surface area contributed by atoms with E-state index in [1.807, 2.05) is 4.90 Å². The minimum absolute atomic E-state index is 0.0795. The predicted octanol–water partition coefficient (Wildman–Crippen LogP) is 2.02. The van der Waals surface area contributed by atoms with Gasteiger partial charge in [0.25, 0.3) is 5.91 Å². The van der Waals surface area contributed by atoms with Crippen molar-refractivity contribution >= 4 is 48.2 Å². The molecule has 3 fully saturated rings. The van der Waals surface area contributed by atoms with Crippen molar-refractivity contribution in [3.8, 4) is 16.9 Å². The van der Waals surface area contributed by atoms with Gasteiger partial charge in [-0.15, -0.1) is 10.2 Å². The standard InChI is InChI=1S/C23H25FN8O4S3/c1-15(33)29-38(34)8-6-31(7-9-38)17-10-16(39(35,36)30-23(13-24)4-5-23)12-32-18(17)11-26-19(32)20-27-28-21(37-20)22(14-25)2-3-22/h10-12,30H,2-9,13H2,1H3. The minimum atomic E-state index is -4.11. The molecule has 39 heavy (non-hydrogen) atoms. The maximum atomic E-state index is 13.6. The molecule has 1 amide bonds. The van der Waals surface area contributed by atoms with Crippen LogP contribution in [0.25, 0.3) is 16.3 Å². The van der Waals surface area contributed by atoms with Gasteiger partial charge in [-0.1, -0.05) is 11.3 Å². The number of nitriles is 1. The molecular weight excluding hydrogens is 568 g/mol. The van der Waals surface area contributed by atoms with Crippen LogP contribution in [-0.2, 0) is 30.0 Å². The fourth-order valence-corrected chi connectivity index (χ4v) is 9.02.